The molecule has 0 saturated heterocycles. The molecule has 0 bridgehead atoms. The molecule has 1 aliphatic rings. The maximum absolute atomic E-state index is 3.96. The van der Waals surface area contributed by atoms with Crippen LogP contribution in [-0.2, 0) is 6.54 Å². The summed E-state index contributed by atoms with van der Waals surface area (Å²) in [6.07, 6.45) is 11.3. The Morgan fingerprint density at radius 3 is 3.06 bits per heavy atom. The monoisotopic (exact) mass is 240 g/mol. The molecule has 0 aliphatic heterocycles. The number of aromatic nitrogens is 3. The second-order valence-electron chi connectivity index (χ2n) is 4.29. The lowest BCUT2D eigenvalue weighted by atomic mass is 9.95. The van der Waals surface area contributed by atoms with Gasteiger partial charge >= 0.3 is 0 Å². The Labute approximate surface area is 101 Å². The van der Waals surface area contributed by atoms with Gasteiger partial charge in [0.1, 0.15) is 0 Å². The molecule has 5 heteroatoms. The molecule has 2 rings (SSSR count). The van der Waals surface area contributed by atoms with Crippen LogP contribution in [0.15, 0.2) is 12.4 Å². The third kappa shape index (κ3) is 3.22. The van der Waals surface area contributed by atoms with E-state index in [0.29, 0.717) is 6.04 Å². The fourth-order valence-electron chi connectivity index (χ4n) is 2.33. The average molecular weight is 240 g/mol. The number of nitrogens with one attached hydrogen (secondary N) is 1. The van der Waals surface area contributed by atoms with Crippen LogP contribution in [0, 0.1) is 0 Å². The number of rotatable bonds is 5. The zero-order chi connectivity index (χ0) is 11.2. The summed E-state index contributed by atoms with van der Waals surface area (Å²) in [5.41, 5.74) is 0. The van der Waals surface area contributed by atoms with Crippen molar-refractivity contribution in [1.82, 2.24) is 20.3 Å². The molecule has 1 aliphatic carbocycles. The van der Waals surface area contributed by atoms with E-state index in [9.17, 15) is 0 Å². The Balaban J connectivity index is 1.71. The molecule has 1 saturated carbocycles. The molecule has 1 fully saturated rings. The van der Waals surface area contributed by atoms with Crippen LogP contribution < -0.4 is 5.32 Å². The quantitative estimate of drug-likeness (QED) is 0.848. The van der Waals surface area contributed by atoms with Gasteiger partial charge in [0.05, 0.1) is 12.7 Å². The zero-order valence-electron chi connectivity index (χ0n) is 9.80. The highest BCUT2D eigenvalue weighted by Gasteiger charge is 2.23. The number of nitrogens with zero attached hydrogens (tertiary/aromatic N) is 3. The molecule has 90 valence electrons. The van der Waals surface area contributed by atoms with Crippen molar-refractivity contribution in [2.24, 2.45) is 0 Å². The van der Waals surface area contributed by atoms with E-state index in [1.807, 2.05) is 22.6 Å². The minimum absolute atomic E-state index is 0.687. The molecule has 0 amide bonds. The van der Waals surface area contributed by atoms with E-state index in [-0.39, 0.29) is 0 Å². The zero-order valence-corrected chi connectivity index (χ0v) is 10.6. The molecule has 0 spiro atoms. The summed E-state index contributed by atoms with van der Waals surface area (Å²) in [7, 11) is 0. The van der Waals surface area contributed by atoms with Crippen LogP contribution in [0.3, 0.4) is 0 Å². The van der Waals surface area contributed by atoms with Gasteiger partial charge in [0.25, 0.3) is 0 Å². The molecule has 1 aromatic rings. The van der Waals surface area contributed by atoms with Crippen LogP contribution in [0.25, 0.3) is 0 Å². The molecule has 0 radical (unpaired) electrons. The molecule has 4 nitrogen and oxygen atoms in total. The van der Waals surface area contributed by atoms with Crippen LogP contribution in [0.5, 0.6) is 0 Å². The van der Waals surface area contributed by atoms with Crippen molar-refractivity contribution in [1.29, 1.82) is 0 Å². The van der Waals surface area contributed by atoms with E-state index in [2.05, 4.69) is 21.9 Å². The molecular weight excluding hydrogens is 220 g/mol. The van der Waals surface area contributed by atoms with Crippen molar-refractivity contribution in [3.63, 3.8) is 0 Å². The maximum Gasteiger partial charge on any atom is 0.0692 e. The normalized spacial score (nSPS) is 25.8. The Bertz CT molecular complexity index is 288. The van der Waals surface area contributed by atoms with E-state index in [1.165, 1.54) is 25.7 Å². The van der Waals surface area contributed by atoms with Crippen molar-refractivity contribution >= 4 is 11.8 Å². The predicted octanol–water partition coefficient (Wildman–Crippen LogP) is 1.54. The Kier molecular flexibility index (Phi) is 4.66. The van der Waals surface area contributed by atoms with Crippen molar-refractivity contribution in [2.75, 3.05) is 12.8 Å². The number of hydrogen-bond donors (Lipinski definition) is 1. The van der Waals surface area contributed by atoms with Crippen LogP contribution in [0.4, 0.5) is 0 Å². The summed E-state index contributed by atoms with van der Waals surface area (Å²) in [5, 5.41) is 12.2. The third-order valence-corrected chi connectivity index (χ3v) is 4.39. The van der Waals surface area contributed by atoms with Gasteiger partial charge in [0, 0.05) is 24.0 Å². The van der Waals surface area contributed by atoms with Gasteiger partial charge in [-0.2, -0.15) is 11.8 Å². The van der Waals surface area contributed by atoms with Crippen LogP contribution in [0.2, 0.25) is 0 Å². The fraction of sp³-hybridized carbons (Fsp3) is 0.818. The lowest BCUT2D eigenvalue weighted by molar-refractivity contribution is 0.373. The van der Waals surface area contributed by atoms with E-state index in [0.717, 1.165) is 18.3 Å². The van der Waals surface area contributed by atoms with Crippen molar-refractivity contribution in [2.45, 2.75) is 43.5 Å². The van der Waals surface area contributed by atoms with Gasteiger partial charge in [-0.1, -0.05) is 18.1 Å². The first kappa shape index (κ1) is 11.9. The largest absolute Gasteiger partial charge is 0.311 e. The van der Waals surface area contributed by atoms with Crippen LogP contribution >= 0.6 is 11.8 Å². The van der Waals surface area contributed by atoms with Gasteiger partial charge in [0.15, 0.2) is 0 Å². The summed E-state index contributed by atoms with van der Waals surface area (Å²) in [6.45, 7) is 1.91. The lowest BCUT2D eigenvalue weighted by Gasteiger charge is -2.31. The minimum atomic E-state index is 0.687. The average Bonchev–Trinajstić information content (AvgIpc) is 2.83. The summed E-state index contributed by atoms with van der Waals surface area (Å²) in [6, 6.07) is 0.687. The van der Waals surface area contributed by atoms with Gasteiger partial charge < -0.3 is 5.32 Å². The van der Waals surface area contributed by atoms with E-state index < -0.39 is 0 Å². The molecule has 16 heavy (non-hydrogen) atoms. The van der Waals surface area contributed by atoms with E-state index in [4.69, 9.17) is 0 Å². The third-order valence-electron chi connectivity index (χ3n) is 3.22. The van der Waals surface area contributed by atoms with Crippen molar-refractivity contribution < 1.29 is 0 Å². The smallest absolute Gasteiger partial charge is 0.0692 e. The molecule has 1 N–H and O–H groups in total. The summed E-state index contributed by atoms with van der Waals surface area (Å²) in [5.74, 6) is 0. The molecule has 2 unspecified atom stereocenters. The molecule has 0 aromatic carbocycles. The number of thioether (sulfide) groups is 1. The van der Waals surface area contributed by atoms with Gasteiger partial charge in [-0.25, -0.2) is 0 Å². The van der Waals surface area contributed by atoms with Gasteiger partial charge in [0.2, 0.25) is 0 Å². The van der Waals surface area contributed by atoms with Gasteiger partial charge in [-0.05, 0) is 19.1 Å². The molecule has 1 heterocycles. The standard InChI is InChI=1S/C11H20N4S/c1-16-11-5-3-2-4-10(11)12-6-8-15-9-7-13-14-15/h7,9-12H,2-6,8H2,1H3. The Morgan fingerprint density at radius 2 is 2.31 bits per heavy atom. The Morgan fingerprint density at radius 1 is 1.44 bits per heavy atom. The maximum atomic E-state index is 3.96. The SMILES string of the molecule is CSC1CCCCC1NCCn1ccnn1. The Hall–Kier alpha value is -0.550. The van der Waals surface area contributed by atoms with Crippen molar-refractivity contribution in [3.05, 3.63) is 12.4 Å². The van der Waals surface area contributed by atoms with Crippen LogP contribution in [0.1, 0.15) is 25.7 Å². The summed E-state index contributed by atoms with van der Waals surface area (Å²) in [4.78, 5) is 0. The van der Waals surface area contributed by atoms with Crippen molar-refractivity contribution in [3.8, 4) is 0 Å². The summed E-state index contributed by atoms with van der Waals surface area (Å²) < 4.78 is 1.88. The van der Waals surface area contributed by atoms with Gasteiger partial charge in [-0.15, -0.1) is 5.10 Å². The highest BCUT2D eigenvalue weighted by atomic mass is 32.2. The fourth-order valence-corrected chi connectivity index (χ4v) is 3.29. The molecule has 1 aromatic heterocycles. The second kappa shape index (κ2) is 6.25. The first-order valence-corrected chi connectivity index (χ1v) is 7.29. The van der Waals surface area contributed by atoms with E-state index >= 15 is 0 Å². The second-order valence-corrected chi connectivity index (χ2v) is 5.36. The topological polar surface area (TPSA) is 42.7 Å². The van der Waals surface area contributed by atoms with E-state index in [1.54, 1.807) is 6.20 Å². The highest BCUT2D eigenvalue weighted by Crippen LogP contribution is 2.26. The molecule has 2 atom stereocenters. The van der Waals surface area contributed by atoms with Crippen LogP contribution in [-0.4, -0.2) is 39.1 Å². The molecular formula is C11H20N4S. The van der Waals surface area contributed by atoms with Gasteiger partial charge in [-0.3, -0.25) is 4.68 Å². The highest BCUT2D eigenvalue weighted by molar-refractivity contribution is 7.99. The summed E-state index contributed by atoms with van der Waals surface area (Å²) >= 11 is 2.00. The first-order chi connectivity index (χ1) is 7.90. The lowest BCUT2D eigenvalue weighted by Crippen LogP contribution is -2.41. The minimum Gasteiger partial charge on any atom is -0.311 e. The number of hydrogen-bond acceptors (Lipinski definition) is 4. The first-order valence-electron chi connectivity index (χ1n) is 6.00. The predicted molar refractivity (Wildman–Crippen MR) is 67.6 cm³/mol.